The summed E-state index contributed by atoms with van der Waals surface area (Å²) >= 11 is 0. The fraction of sp³-hybridized carbons (Fsp3) is 0.500. The van der Waals surface area contributed by atoms with Crippen LogP contribution in [0.15, 0.2) is 12.0 Å². The number of hydrogen-bond donors (Lipinski definition) is 0. The molecule has 1 radical (unpaired) electrons. The molecule has 0 fully saturated rings. The molecule has 2 heteroatoms. The molecule has 0 nitrogen and oxygen atoms in total. The normalized spacial score (nSPS) is 18.5. The van der Waals surface area contributed by atoms with Gasteiger partial charge in [0, 0.05) is 0 Å². The summed E-state index contributed by atoms with van der Waals surface area (Å²) in [6.07, 6.45) is 1.25. The molecule has 1 rings (SSSR count). The summed E-state index contributed by atoms with van der Waals surface area (Å²) in [4.78, 5) is 0. The van der Waals surface area contributed by atoms with Crippen molar-refractivity contribution in [1.82, 2.24) is 0 Å². The molecule has 29 valence electrons. The molecule has 0 aromatic heterocycles. The van der Waals surface area contributed by atoms with Crippen LogP contribution in [-0.2, 0) is 0 Å². The zero-order valence-electron chi connectivity index (χ0n) is 4.02. The monoisotopic (exact) mass is 77.1 g/mol. The van der Waals surface area contributed by atoms with Crippen LogP contribution in [0.5, 0.6) is 0 Å². The van der Waals surface area contributed by atoms with E-state index in [9.17, 15) is 0 Å². The van der Waals surface area contributed by atoms with Crippen LogP contribution in [0.4, 0.5) is 0 Å². The Labute approximate surface area is 39.9 Å². The number of hydrogen-bond acceptors (Lipinski definition) is 0. The second kappa shape index (κ2) is 1.55. The van der Waals surface area contributed by atoms with Crippen LogP contribution >= 0.6 is 0 Å². The average molecular weight is 76.7 g/mol. The van der Waals surface area contributed by atoms with Gasteiger partial charge in [-0.15, -0.1) is 12.0 Å². The van der Waals surface area contributed by atoms with Crippen LogP contribution in [0.1, 0.15) is 0 Å². The van der Waals surface area contributed by atoms with E-state index in [-0.39, 0.29) is 0 Å². The minimum atomic E-state index is 0.810. The standard InChI is InChI=1S/C4H7B2/c1-6-3-2-5-4-6/h2-3H,4H2,1H3. The summed E-state index contributed by atoms with van der Waals surface area (Å²) in [5.41, 5.74) is 0. The van der Waals surface area contributed by atoms with E-state index >= 15 is 0 Å². The van der Waals surface area contributed by atoms with Gasteiger partial charge < -0.3 is 0 Å². The predicted octanol–water partition coefficient (Wildman–Crippen LogP) is 0.839. The Hall–Kier alpha value is -0.130. The van der Waals surface area contributed by atoms with Crippen LogP contribution < -0.4 is 0 Å². The van der Waals surface area contributed by atoms with Crippen molar-refractivity contribution in [2.45, 2.75) is 13.0 Å². The van der Waals surface area contributed by atoms with E-state index in [0.717, 1.165) is 6.71 Å². The lowest BCUT2D eigenvalue weighted by Gasteiger charge is -1.83. The molecular weight excluding hydrogens is 69.7 g/mol. The Kier molecular flexibility index (Phi) is 1.04. The van der Waals surface area contributed by atoms with Crippen LogP contribution in [0.2, 0.25) is 13.0 Å². The molecule has 0 saturated carbocycles. The van der Waals surface area contributed by atoms with E-state index in [4.69, 9.17) is 0 Å². The van der Waals surface area contributed by atoms with Gasteiger partial charge in [-0.05, 0) is 0 Å². The molecule has 0 spiro atoms. The molecule has 0 aliphatic carbocycles. The molecule has 1 aliphatic heterocycles. The van der Waals surface area contributed by atoms with Gasteiger partial charge in [-0.3, -0.25) is 0 Å². The van der Waals surface area contributed by atoms with Crippen LogP contribution in [-0.4, -0.2) is 14.0 Å². The molecule has 1 heterocycles. The van der Waals surface area contributed by atoms with E-state index in [1.54, 1.807) is 0 Å². The largest absolute Gasteiger partial charge is 0.154 e. The SMILES string of the molecule is CB1C=C[B]C1. The topological polar surface area (TPSA) is 0 Å². The molecule has 0 N–H and O–H groups in total. The predicted molar refractivity (Wildman–Crippen MR) is 31.3 cm³/mol. The van der Waals surface area contributed by atoms with Crippen molar-refractivity contribution in [2.24, 2.45) is 0 Å². The highest BCUT2D eigenvalue weighted by Gasteiger charge is 2.04. The average Bonchev–Trinajstić information content (AvgIpc) is 1.86. The molecule has 0 aromatic rings. The van der Waals surface area contributed by atoms with Gasteiger partial charge in [0.25, 0.3) is 0 Å². The molecule has 1 aliphatic rings. The Balaban J connectivity index is 2.38. The maximum atomic E-state index is 2.22. The summed E-state index contributed by atoms with van der Waals surface area (Å²) in [7, 11) is 2.20. The maximum Gasteiger partial charge on any atom is 0.154 e. The van der Waals surface area contributed by atoms with Gasteiger partial charge in [0.15, 0.2) is 6.71 Å². The van der Waals surface area contributed by atoms with Crippen LogP contribution in [0.3, 0.4) is 0 Å². The van der Waals surface area contributed by atoms with Gasteiger partial charge >= 0.3 is 0 Å². The Morgan fingerprint density at radius 3 is 2.83 bits per heavy atom. The Bertz CT molecular complexity index is 67.9. The van der Waals surface area contributed by atoms with Crippen LogP contribution in [0.25, 0.3) is 0 Å². The highest BCUT2D eigenvalue weighted by molar-refractivity contribution is 6.78. The zero-order chi connectivity index (χ0) is 4.41. The van der Waals surface area contributed by atoms with E-state index in [1.165, 1.54) is 6.22 Å². The van der Waals surface area contributed by atoms with E-state index in [1.807, 2.05) is 0 Å². The van der Waals surface area contributed by atoms with Crippen molar-refractivity contribution >= 4 is 14.0 Å². The molecule has 0 unspecified atom stereocenters. The summed E-state index contributed by atoms with van der Waals surface area (Å²) in [5.74, 6) is 4.35. The smallest absolute Gasteiger partial charge is 0.136 e. The van der Waals surface area contributed by atoms with Gasteiger partial charge in [-0.2, -0.15) is 0 Å². The third-order valence-corrected chi connectivity index (χ3v) is 1.08. The molecule has 0 saturated heterocycles. The first-order valence-electron chi connectivity index (χ1n) is 2.39. The minimum Gasteiger partial charge on any atom is -0.136 e. The highest BCUT2D eigenvalue weighted by Crippen LogP contribution is 1.98. The molecule has 0 amide bonds. The molecule has 0 atom stereocenters. The maximum absolute atomic E-state index is 2.22. The van der Waals surface area contributed by atoms with Crippen molar-refractivity contribution in [2.75, 3.05) is 0 Å². The fourth-order valence-corrected chi connectivity index (χ4v) is 0.640. The number of rotatable bonds is 0. The first kappa shape index (κ1) is 4.04. The Morgan fingerprint density at radius 1 is 1.83 bits per heavy atom. The van der Waals surface area contributed by atoms with Crippen molar-refractivity contribution in [1.29, 1.82) is 0 Å². The quantitative estimate of drug-likeness (QED) is 0.375. The summed E-state index contributed by atoms with van der Waals surface area (Å²) in [6, 6.07) is 0. The van der Waals surface area contributed by atoms with E-state index in [0.29, 0.717) is 0 Å². The summed E-state index contributed by atoms with van der Waals surface area (Å²) in [6.45, 7) is 3.03. The molecular formula is C4H7B2. The van der Waals surface area contributed by atoms with Crippen molar-refractivity contribution in [3.05, 3.63) is 12.0 Å². The first-order valence-corrected chi connectivity index (χ1v) is 2.39. The minimum absolute atomic E-state index is 0.810. The van der Waals surface area contributed by atoms with Crippen molar-refractivity contribution in [3.63, 3.8) is 0 Å². The van der Waals surface area contributed by atoms with E-state index in [2.05, 4.69) is 26.1 Å². The Morgan fingerprint density at radius 2 is 2.67 bits per heavy atom. The lowest BCUT2D eigenvalue weighted by Crippen LogP contribution is -1.96. The van der Waals surface area contributed by atoms with Crippen molar-refractivity contribution in [3.8, 4) is 0 Å². The zero-order valence-corrected chi connectivity index (χ0v) is 4.02. The lowest BCUT2D eigenvalue weighted by atomic mass is 9.46. The highest BCUT2D eigenvalue weighted by atomic mass is 13.6. The van der Waals surface area contributed by atoms with Gasteiger partial charge in [0.1, 0.15) is 7.28 Å². The second-order valence-corrected chi connectivity index (χ2v) is 1.83. The fourth-order valence-electron chi connectivity index (χ4n) is 0.640. The van der Waals surface area contributed by atoms with Crippen molar-refractivity contribution < 1.29 is 0 Å². The summed E-state index contributed by atoms with van der Waals surface area (Å²) in [5, 5.41) is 0. The van der Waals surface area contributed by atoms with E-state index < -0.39 is 0 Å². The third kappa shape index (κ3) is 0.675. The van der Waals surface area contributed by atoms with Gasteiger partial charge in [0.2, 0.25) is 0 Å². The second-order valence-electron chi connectivity index (χ2n) is 1.83. The summed E-state index contributed by atoms with van der Waals surface area (Å²) < 4.78 is 0. The van der Waals surface area contributed by atoms with Gasteiger partial charge in [-0.1, -0.05) is 13.0 Å². The third-order valence-electron chi connectivity index (χ3n) is 1.08. The lowest BCUT2D eigenvalue weighted by molar-refractivity contribution is 1.91. The van der Waals surface area contributed by atoms with Gasteiger partial charge in [0.05, 0.1) is 0 Å². The first-order chi connectivity index (χ1) is 2.89. The van der Waals surface area contributed by atoms with Crippen LogP contribution in [0, 0.1) is 0 Å². The molecule has 0 aromatic carbocycles. The molecule has 0 bridgehead atoms. The van der Waals surface area contributed by atoms with Gasteiger partial charge in [-0.25, -0.2) is 0 Å². The molecule has 6 heavy (non-hydrogen) atoms.